The van der Waals surface area contributed by atoms with Gasteiger partial charge in [-0.15, -0.1) is 0 Å². The molecule has 2 aliphatic heterocycles. The Morgan fingerprint density at radius 2 is 1.72 bits per heavy atom. The smallest absolute Gasteiger partial charge is 0.302 e. The largest absolute Gasteiger partial charge is 0.466 e. The molecule has 0 aromatic heterocycles. The molecule has 5 nitrogen and oxygen atoms in total. The van der Waals surface area contributed by atoms with Crippen molar-refractivity contribution in [3.05, 3.63) is 0 Å². The second-order valence-electron chi connectivity index (χ2n) is 3.72. The number of hydrogen-bond donors (Lipinski definition) is 1. The Hall–Kier alpha value is -1.04. The van der Waals surface area contributed by atoms with Gasteiger partial charge in [-0.2, -0.15) is 11.8 Å². The molecule has 0 bridgehead atoms. The van der Waals surface area contributed by atoms with Gasteiger partial charge < -0.3 is 4.74 Å². The van der Waals surface area contributed by atoms with E-state index in [0.29, 0.717) is 19.4 Å². The van der Waals surface area contributed by atoms with Crippen molar-refractivity contribution in [3.63, 3.8) is 0 Å². The van der Waals surface area contributed by atoms with E-state index in [-0.39, 0.29) is 17.8 Å². The molecule has 0 aromatic carbocycles. The van der Waals surface area contributed by atoms with Crippen LogP contribution in [0.5, 0.6) is 0 Å². The van der Waals surface area contributed by atoms with Gasteiger partial charge in [-0.1, -0.05) is 0 Å². The van der Waals surface area contributed by atoms with Gasteiger partial charge in [-0.3, -0.25) is 19.7 Å². The van der Waals surface area contributed by atoms with Crippen molar-refractivity contribution in [3.8, 4) is 0 Å². The number of rotatable bonds is 1. The van der Waals surface area contributed by atoms with E-state index in [0.717, 1.165) is 0 Å². The van der Waals surface area contributed by atoms with E-state index in [4.69, 9.17) is 0 Å². The van der Waals surface area contributed by atoms with Crippen LogP contribution in [0.2, 0.25) is 0 Å². The fourth-order valence-corrected chi connectivity index (χ4v) is 2.24. The van der Waals surface area contributed by atoms with Gasteiger partial charge in [0.2, 0.25) is 11.8 Å². The van der Waals surface area contributed by atoms with E-state index < -0.39 is 0 Å². The molecule has 1 N–H and O–H groups in total. The van der Waals surface area contributed by atoms with Gasteiger partial charge in [0, 0.05) is 19.8 Å². The summed E-state index contributed by atoms with van der Waals surface area (Å²) in [5.41, 5.74) is 0. The highest BCUT2D eigenvalue weighted by Crippen LogP contribution is 2.14. The molecule has 18 heavy (non-hydrogen) atoms. The van der Waals surface area contributed by atoms with E-state index in [2.05, 4.69) is 21.8 Å². The van der Waals surface area contributed by atoms with Crippen molar-refractivity contribution in [1.82, 2.24) is 5.32 Å². The van der Waals surface area contributed by atoms with E-state index >= 15 is 0 Å². The summed E-state index contributed by atoms with van der Waals surface area (Å²) in [5, 5.41) is 2.14. The minimum Gasteiger partial charge on any atom is -0.466 e. The molecule has 0 atom stereocenters. The SMILES string of the molecule is C1CCSC1.CCOC(C)=O.O=C1CCC(=O)N1. The predicted molar refractivity (Wildman–Crippen MR) is 71.2 cm³/mol. The molecule has 2 heterocycles. The lowest BCUT2D eigenvalue weighted by Gasteiger charge is -1.89. The first kappa shape index (κ1) is 17.0. The van der Waals surface area contributed by atoms with Gasteiger partial charge in [-0.05, 0) is 31.3 Å². The van der Waals surface area contributed by atoms with Crippen LogP contribution in [0.25, 0.3) is 0 Å². The van der Waals surface area contributed by atoms with Crippen LogP contribution in [0, 0.1) is 0 Å². The number of ether oxygens (including phenoxy) is 1. The van der Waals surface area contributed by atoms with Crippen molar-refractivity contribution in [2.45, 2.75) is 39.5 Å². The number of carbonyl (C=O) groups is 3. The number of amides is 2. The molecule has 0 unspecified atom stereocenters. The van der Waals surface area contributed by atoms with Crippen LogP contribution < -0.4 is 5.32 Å². The van der Waals surface area contributed by atoms with Gasteiger partial charge in [-0.25, -0.2) is 0 Å². The maximum absolute atomic E-state index is 10.1. The standard InChI is InChI=1S/C4H5NO2.C4H8O2.C4H8S/c6-3-1-2-4(7)5-3;1-3-6-4(2)5;1-2-4-5-3-1/h1-2H2,(H,5,6,7);3H2,1-2H3;1-4H2. The maximum atomic E-state index is 10.1. The fourth-order valence-electron chi connectivity index (χ4n) is 1.22. The molecular weight excluding hydrogens is 254 g/mol. The van der Waals surface area contributed by atoms with Crippen molar-refractivity contribution >= 4 is 29.5 Å². The third-order valence-corrected chi connectivity index (χ3v) is 3.19. The molecule has 0 saturated carbocycles. The molecule has 2 amide bonds. The zero-order chi connectivity index (χ0) is 13.8. The Morgan fingerprint density at radius 3 is 1.83 bits per heavy atom. The molecule has 6 heteroatoms. The summed E-state index contributed by atoms with van der Waals surface area (Å²) < 4.78 is 4.40. The second kappa shape index (κ2) is 11.1. The van der Waals surface area contributed by atoms with Crippen LogP contribution in [0.3, 0.4) is 0 Å². The van der Waals surface area contributed by atoms with Crippen LogP contribution in [-0.2, 0) is 19.1 Å². The highest BCUT2D eigenvalue weighted by molar-refractivity contribution is 7.99. The third kappa shape index (κ3) is 11.4. The van der Waals surface area contributed by atoms with E-state index in [1.807, 2.05) is 0 Å². The summed E-state index contributed by atoms with van der Waals surface area (Å²) in [7, 11) is 0. The molecule has 104 valence electrons. The molecule has 0 aliphatic carbocycles. The molecule has 2 saturated heterocycles. The van der Waals surface area contributed by atoms with Gasteiger partial charge in [0.15, 0.2) is 0 Å². The lowest BCUT2D eigenvalue weighted by atomic mass is 10.4. The van der Waals surface area contributed by atoms with Gasteiger partial charge in [0.25, 0.3) is 0 Å². The Bertz CT molecular complexity index is 256. The summed E-state index contributed by atoms with van der Waals surface area (Å²) >= 11 is 2.07. The molecule has 2 fully saturated rings. The number of esters is 1. The highest BCUT2D eigenvalue weighted by atomic mass is 32.2. The first-order valence-electron chi connectivity index (χ1n) is 6.10. The summed E-state index contributed by atoms with van der Waals surface area (Å²) in [5.74, 6) is 2.33. The lowest BCUT2D eigenvalue weighted by Crippen LogP contribution is -2.18. The minimum atomic E-state index is -0.211. The molecule has 0 spiro atoms. The first-order valence-corrected chi connectivity index (χ1v) is 7.25. The Labute approximate surface area is 112 Å². The molecule has 0 aromatic rings. The molecule has 2 rings (SSSR count). The quantitative estimate of drug-likeness (QED) is 0.580. The summed E-state index contributed by atoms with van der Waals surface area (Å²) in [4.78, 5) is 30.1. The number of imide groups is 1. The van der Waals surface area contributed by atoms with Crippen molar-refractivity contribution in [1.29, 1.82) is 0 Å². The van der Waals surface area contributed by atoms with Crippen LogP contribution >= 0.6 is 11.8 Å². The minimum absolute atomic E-state index is 0.148. The Kier molecular flexibility index (Phi) is 10.4. The molecule has 2 aliphatic rings. The summed E-state index contributed by atoms with van der Waals surface area (Å²) in [6.45, 7) is 3.65. The van der Waals surface area contributed by atoms with E-state index in [9.17, 15) is 14.4 Å². The number of carbonyl (C=O) groups excluding carboxylic acids is 3. The van der Waals surface area contributed by atoms with Crippen LogP contribution in [0.15, 0.2) is 0 Å². The maximum Gasteiger partial charge on any atom is 0.302 e. The van der Waals surface area contributed by atoms with Crippen LogP contribution in [0.4, 0.5) is 0 Å². The predicted octanol–water partition coefficient (Wildman–Crippen LogP) is 1.51. The highest BCUT2D eigenvalue weighted by Gasteiger charge is 2.15. The number of thioether (sulfide) groups is 1. The van der Waals surface area contributed by atoms with Crippen LogP contribution in [0.1, 0.15) is 39.5 Å². The van der Waals surface area contributed by atoms with Gasteiger partial charge in [0.05, 0.1) is 6.61 Å². The average Bonchev–Trinajstić information content (AvgIpc) is 2.94. The normalized spacial score (nSPS) is 17.0. The number of hydrogen-bond acceptors (Lipinski definition) is 5. The fraction of sp³-hybridized carbons (Fsp3) is 0.750. The monoisotopic (exact) mass is 275 g/mol. The topological polar surface area (TPSA) is 72.5 Å². The lowest BCUT2D eigenvalue weighted by molar-refractivity contribution is -0.140. The summed E-state index contributed by atoms with van der Waals surface area (Å²) in [6, 6.07) is 0. The van der Waals surface area contributed by atoms with E-state index in [1.54, 1.807) is 6.92 Å². The third-order valence-electron chi connectivity index (χ3n) is 2.03. The second-order valence-corrected chi connectivity index (χ2v) is 4.94. The van der Waals surface area contributed by atoms with Gasteiger partial charge >= 0.3 is 5.97 Å². The van der Waals surface area contributed by atoms with E-state index in [1.165, 1.54) is 31.3 Å². The number of nitrogens with one attached hydrogen (secondary N) is 1. The average molecular weight is 275 g/mol. The first-order chi connectivity index (χ1) is 8.56. The summed E-state index contributed by atoms with van der Waals surface area (Å²) in [6.07, 6.45) is 3.67. The molecule has 0 radical (unpaired) electrons. The van der Waals surface area contributed by atoms with Crippen molar-refractivity contribution in [2.75, 3.05) is 18.1 Å². The Morgan fingerprint density at radius 1 is 1.22 bits per heavy atom. The Balaban J connectivity index is 0.000000244. The molecular formula is C12H21NO4S. The zero-order valence-electron chi connectivity index (χ0n) is 11.0. The zero-order valence-corrected chi connectivity index (χ0v) is 11.8. The van der Waals surface area contributed by atoms with Gasteiger partial charge in [0.1, 0.15) is 0 Å². The van der Waals surface area contributed by atoms with Crippen molar-refractivity contribution in [2.24, 2.45) is 0 Å². The van der Waals surface area contributed by atoms with Crippen LogP contribution in [-0.4, -0.2) is 35.9 Å². The van der Waals surface area contributed by atoms with Crippen molar-refractivity contribution < 1.29 is 19.1 Å².